The summed E-state index contributed by atoms with van der Waals surface area (Å²) in [6.07, 6.45) is 1.99. The summed E-state index contributed by atoms with van der Waals surface area (Å²) in [7, 11) is 0. The minimum Gasteiger partial charge on any atom is -0.457 e. The molecule has 2 nitrogen and oxygen atoms in total. The van der Waals surface area contributed by atoms with Crippen molar-refractivity contribution < 1.29 is 4.42 Å². The van der Waals surface area contributed by atoms with Crippen molar-refractivity contribution in [2.75, 3.05) is 11.4 Å². The van der Waals surface area contributed by atoms with Crippen LogP contribution in [0, 0.1) is 0 Å². The van der Waals surface area contributed by atoms with E-state index in [4.69, 9.17) is 51.4 Å². The van der Waals surface area contributed by atoms with Crippen LogP contribution in [-0.2, 0) is 0 Å². The molecule has 1 aromatic heterocycles. The zero-order valence-electron chi connectivity index (χ0n) is 13.8. The highest BCUT2D eigenvalue weighted by Crippen LogP contribution is 2.37. The lowest BCUT2D eigenvalue weighted by atomic mass is 10.2. The molecule has 4 rings (SSSR count). The number of hydrogen-bond donors (Lipinski definition) is 0. The Morgan fingerprint density at radius 3 is 2.67 bits per heavy atom. The SMILES string of the molecule is S=C1SC(=Cc2ccc(-c3cccc(Cl)c3Cl)o2)CN1c1cccc(Cl)c1. The topological polar surface area (TPSA) is 16.4 Å². The highest BCUT2D eigenvalue weighted by molar-refractivity contribution is 8.26. The largest absolute Gasteiger partial charge is 0.457 e. The second kappa shape index (κ2) is 7.90. The first kappa shape index (κ1) is 18.9. The van der Waals surface area contributed by atoms with E-state index in [1.165, 1.54) is 0 Å². The van der Waals surface area contributed by atoms with Crippen LogP contribution in [0.5, 0.6) is 0 Å². The highest BCUT2D eigenvalue weighted by atomic mass is 35.5. The predicted octanol–water partition coefficient (Wildman–Crippen LogP) is 7.79. The van der Waals surface area contributed by atoms with E-state index in [1.807, 2.05) is 54.6 Å². The quantitative estimate of drug-likeness (QED) is 0.377. The van der Waals surface area contributed by atoms with Crippen molar-refractivity contribution in [1.82, 2.24) is 0 Å². The van der Waals surface area contributed by atoms with Gasteiger partial charge in [0.2, 0.25) is 0 Å². The van der Waals surface area contributed by atoms with Gasteiger partial charge in [-0.25, -0.2) is 0 Å². The van der Waals surface area contributed by atoms with E-state index in [-0.39, 0.29) is 0 Å². The Labute approximate surface area is 181 Å². The summed E-state index contributed by atoms with van der Waals surface area (Å²) >= 11 is 25.5. The number of furan rings is 1. The minimum atomic E-state index is 0.483. The van der Waals surface area contributed by atoms with E-state index in [2.05, 4.69) is 4.90 Å². The van der Waals surface area contributed by atoms with Gasteiger partial charge in [-0.1, -0.05) is 70.9 Å². The van der Waals surface area contributed by atoms with Crippen LogP contribution in [0.3, 0.4) is 0 Å². The van der Waals surface area contributed by atoms with Crippen LogP contribution in [-0.4, -0.2) is 10.9 Å². The predicted molar refractivity (Wildman–Crippen MR) is 121 cm³/mol. The van der Waals surface area contributed by atoms with E-state index in [0.29, 0.717) is 27.4 Å². The molecule has 1 aliphatic heterocycles. The Hall–Kier alpha value is -1.43. The molecule has 1 saturated heterocycles. The zero-order chi connectivity index (χ0) is 19.0. The normalized spacial score (nSPS) is 15.7. The lowest BCUT2D eigenvalue weighted by Crippen LogP contribution is -2.21. The third-order valence-electron chi connectivity index (χ3n) is 4.02. The number of halogens is 3. The van der Waals surface area contributed by atoms with Crippen LogP contribution >= 0.6 is 58.8 Å². The average molecular weight is 453 g/mol. The molecule has 0 bridgehead atoms. The van der Waals surface area contributed by atoms with E-state index in [1.54, 1.807) is 17.8 Å². The lowest BCUT2D eigenvalue weighted by molar-refractivity contribution is 0.571. The van der Waals surface area contributed by atoms with Crippen LogP contribution < -0.4 is 4.90 Å². The van der Waals surface area contributed by atoms with E-state index in [9.17, 15) is 0 Å². The summed E-state index contributed by atoms with van der Waals surface area (Å²) in [4.78, 5) is 3.15. The molecule has 0 amide bonds. The van der Waals surface area contributed by atoms with Crippen molar-refractivity contribution in [3.63, 3.8) is 0 Å². The third kappa shape index (κ3) is 4.05. The van der Waals surface area contributed by atoms with Crippen molar-refractivity contribution in [2.24, 2.45) is 0 Å². The summed E-state index contributed by atoms with van der Waals surface area (Å²) in [5.74, 6) is 1.41. The standard InChI is InChI=1S/C20H12Cl3NOS2/c21-12-3-1-4-13(9-12)24-11-15(27-20(24)26)10-14-7-8-18(25-14)16-5-2-6-17(22)19(16)23/h1-10H,11H2. The number of rotatable bonds is 3. The van der Waals surface area contributed by atoms with Crippen LogP contribution in [0.2, 0.25) is 15.1 Å². The number of nitrogens with zero attached hydrogens (tertiary/aromatic N) is 1. The summed E-state index contributed by atoms with van der Waals surface area (Å²) in [5.41, 5.74) is 1.75. The van der Waals surface area contributed by atoms with Crippen LogP contribution in [0.25, 0.3) is 17.4 Å². The molecule has 0 N–H and O–H groups in total. The molecular weight excluding hydrogens is 441 g/mol. The van der Waals surface area contributed by atoms with Gasteiger partial charge in [-0.2, -0.15) is 0 Å². The van der Waals surface area contributed by atoms with Gasteiger partial charge in [0.15, 0.2) is 0 Å². The number of hydrogen-bond acceptors (Lipinski definition) is 3. The van der Waals surface area contributed by atoms with Gasteiger partial charge in [-0.15, -0.1) is 0 Å². The maximum absolute atomic E-state index is 6.28. The van der Waals surface area contributed by atoms with E-state index in [0.717, 1.165) is 26.2 Å². The second-order valence-corrected chi connectivity index (χ2v) is 8.83. The van der Waals surface area contributed by atoms with Crippen molar-refractivity contribution in [3.8, 4) is 11.3 Å². The van der Waals surface area contributed by atoms with Gasteiger partial charge in [-0.05, 0) is 48.5 Å². The maximum atomic E-state index is 6.28. The van der Waals surface area contributed by atoms with Gasteiger partial charge >= 0.3 is 0 Å². The Bertz CT molecular complexity index is 1060. The summed E-state index contributed by atoms with van der Waals surface area (Å²) in [6.45, 7) is 0.678. The number of benzene rings is 2. The summed E-state index contributed by atoms with van der Waals surface area (Å²) in [5, 5.41) is 1.67. The molecule has 2 heterocycles. The molecule has 1 fully saturated rings. The van der Waals surface area contributed by atoms with Gasteiger partial charge in [0, 0.05) is 21.2 Å². The molecule has 0 spiro atoms. The van der Waals surface area contributed by atoms with Crippen molar-refractivity contribution in [1.29, 1.82) is 0 Å². The molecule has 7 heteroatoms. The fraction of sp³-hybridized carbons (Fsp3) is 0.0500. The van der Waals surface area contributed by atoms with Crippen molar-refractivity contribution >= 4 is 74.9 Å². The smallest absolute Gasteiger partial charge is 0.145 e. The molecule has 27 heavy (non-hydrogen) atoms. The van der Waals surface area contributed by atoms with E-state index < -0.39 is 0 Å². The molecule has 136 valence electrons. The molecule has 2 aromatic carbocycles. The molecule has 1 aliphatic rings. The Kier molecular flexibility index (Phi) is 5.53. The van der Waals surface area contributed by atoms with Gasteiger partial charge in [0.1, 0.15) is 15.8 Å². The lowest BCUT2D eigenvalue weighted by Gasteiger charge is -2.16. The zero-order valence-corrected chi connectivity index (χ0v) is 17.7. The average Bonchev–Trinajstić information content (AvgIpc) is 3.24. The first-order valence-electron chi connectivity index (χ1n) is 8.01. The van der Waals surface area contributed by atoms with Gasteiger partial charge < -0.3 is 9.32 Å². The Morgan fingerprint density at radius 1 is 1.04 bits per heavy atom. The van der Waals surface area contributed by atoms with Crippen molar-refractivity contribution in [2.45, 2.75) is 0 Å². The first-order valence-corrected chi connectivity index (χ1v) is 10.4. The van der Waals surface area contributed by atoms with Crippen molar-refractivity contribution in [3.05, 3.63) is 80.3 Å². The first-order chi connectivity index (χ1) is 13.0. The van der Waals surface area contributed by atoms with Gasteiger partial charge in [0.05, 0.1) is 16.6 Å². The molecule has 3 aromatic rings. The summed E-state index contributed by atoms with van der Waals surface area (Å²) in [6, 6.07) is 16.9. The van der Waals surface area contributed by atoms with Gasteiger partial charge in [-0.3, -0.25) is 0 Å². The fourth-order valence-electron chi connectivity index (χ4n) is 2.76. The molecule has 0 saturated carbocycles. The monoisotopic (exact) mass is 451 g/mol. The molecular formula is C20H12Cl3NOS2. The maximum Gasteiger partial charge on any atom is 0.145 e. The highest BCUT2D eigenvalue weighted by Gasteiger charge is 2.24. The molecule has 0 unspecified atom stereocenters. The van der Waals surface area contributed by atoms with Crippen LogP contribution in [0.1, 0.15) is 5.76 Å². The minimum absolute atomic E-state index is 0.483. The molecule has 0 atom stereocenters. The Balaban J connectivity index is 1.57. The van der Waals surface area contributed by atoms with Crippen LogP contribution in [0.4, 0.5) is 5.69 Å². The number of anilines is 1. The molecule has 0 radical (unpaired) electrons. The Morgan fingerprint density at radius 2 is 1.85 bits per heavy atom. The molecule has 0 aliphatic carbocycles. The van der Waals surface area contributed by atoms with E-state index >= 15 is 0 Å². The third-order valence-corrected chi connectivity index (χ3v) is 6.45. The summed E-state index contributed by atoms with van der Waals surface area (Å²) < 4.78 is 6.73. The second-order valence-electron chi connectivity index (χ2n) is 5.85. The fourth-order valence-corrected chi connectivity index (χ4v) is 4.71. The van der Waals surface area contributed by atoms with Crippen LogP contribution in [0.15, 0.2) is 63.9 Å². The number of thiocarbonyl (C=S) groups is 1. The number of thioether (sulfide) groups is 1. The van der Waals surface area contributed by atoms with Gasteiger partial charge in [0.25, 0.3) is 0 Å².